The number of hydrogen-bond donors (Lipinski definition) is 2. The number of allylic oxidation sites excluding steroid dienone is 2. The zero-order valence-electron chi connectivity index (χ0n) is 57.0. The largest absolute Gasteiger partial charge is 0.459 e. The van der Waals surface area contributed by atoms with Crippen LogP contribution in [0.5, 0.6) is 0 Å². The molecule has 0 aliphatic carbocycles. The average molecular weight is 1200 g/mol. The first-order chi connectivity index (χ1) is 38.9. The molecule has 0 heterocycles. The van der Waals surface area contributed by atoms with Gasteiger partial charge in [0, 0.05) is 73.9 Å². The minimum Gasteiger partial charge on any atom is -0.459 e. The first-order valence-corrected chi connectivity index (χ1v) is 30.7. The lowest BCUT2D eigenvalue weighted by molar-refractivity contribution is -0.164. The Balaban J connectivity index is 7.30. The summed E-state index contributed by atoms with van der Waals surface area (Å²) in [6.07, 6.45) is 3.10. The van der Waals surface area contributed by atoms with Gasteiger partial charge in [-0.3, -0.25) is 47.9 Å². The van der Waals surface area contributed by atoms with E-state index in [1.54, 1.807) is 75.4 Å². The summed E-state index contributed by atoms with van der Waals surface area (Å²) in [5.74, 6) is -9.39. The van der Waals surface area contributed by atoms with Crippen LogP contribution in [0.3, 0.4) is 0 Å². The van der Waals surface area contributed by atoms with E-state index >= 15 is 14.4 Å². The molecule has 0 rings (SSSR count). The van der Waals surface area contributed by atoms with Gasteiger partial charge in [0.15, 0.2) is 5.78 Å². The van der Waals surface area contributed by atoms with E-state index in [1.165, 1.54) is 73.6 Å². The van der Waals surface area contributed by atoms with E-state index in [0.29, 0.717) is 12.8 Å². The lowest BCUT2D eigenvalue weighted by Gasteiger charge is -2.42. The zero-order chi connectivity index (χ0) is 66.6. The molecule has 0 aromatic carbocycles. The highest BCUT2D eigenvalue weighted by Gasteiger charge is 2.46. The van der Waals surface area contributed by atoms with Gasteiger partial charge < -0.3 is 49.9 Å². The smallest absolute Gasteiger partial charge is 0.329 e. The van der Waals surface area contributed by atoms with Crippen molar-refractivity contribution >= 4 is 64.9 Å². The second-order valence-electron chi connectivity index (χ2n) is 26.7. The molecular formula is C64H114N8O13. The highest BCUT2D eigenvalue weighted by molar-refractivity contribution is 5.98. The first-order valence-electron chi connectivity index (χ1n) is 30.7. The number of nitrogens with one attached hydrogen (secondary N) is 1. The van der Waals surface area contributed by atoms with Gasteiger partial charge in [0.2, 0.25) is 41.4 Å². The quantitative estimate of drug-likeness (QED) is 0.0494. The number of esters is 2. The van der Waals surface area contributed by atoms with Crippen LogP contribution < -0.4 is 11.1 Å². The highest BCUT2D eigenvalue weighted by Crippen LogP contribution is 2.28. The van der Waals surface area contributed by atoms with Gasteiger partial charge in [-0.25, -0.2) is 4.79 Å². The number of hydrogen-bond acceptors (Lipinski definition) is 14. The van der Waals surface area contributed by atoms with E-state index in [-0.39, 0.29) is 73.2 Å². The van der Waals surface area contributed by atoms with Crippen molar-refractivity contribution in [2.75, 3.05) is 42.3 Å². The third kappa shape index (κ3) is 24.2. The van der Waals surface area contributed by atoms with Crippen LogP contribution in [0.1, 0.15) is 183 Å². The van der Waals surface area contributed by atoms with Gasteiger partial charge in [-0.2, -0.15) is 0 Å². The fraction of sp³-hybridized carbons (Fsp3) is 0.797. The number of nitrogens with two attached hydrogens (primary N) is 1. The Morgan fingerprint density at radius 2 is 0.965 bits per heavy atom. The molecule has 0 aromatic heterocycles. The summed E-state index contributed by atoms with van der Waals surface area (Å²) in [6, 6.07) is -8.89. The maximum Gasteiger partial charge on any atom is 0.329 e. The Hall–Kier alpha value is -5.73. The van der Waals surface area contributed by atoms with Crippen LogP contribution >= 0.6 is 0 Å². The normalized spacial score (nSPS) is 16.2. The van der Waals surface area contributed by atoms with Crippen molar-refractivity contribution in [3.63, 3.8) is 0 Å². The standard InChI is InChI=1S/C64H114N8O13/c1-27-29-30-41(13)55(84-45(17)73)54(56(76)66-46(28-2)58(78)67(21)44(16)63(83)85-64(18,19)20)72(26)62(82)53(40(11)12)71(25)60(80)49(33-38(7)8)70(24)59(79)48(32-37(5)6)69(23)57(77)43(15)35-50(74)42(14)34-51(75)47(31-36(3)4)68(22)61(81)52(65)39(9)10/h27,29,36-44,46-49,52-55H,28,30-35,65H2,1-26H3,(H,66,76)/b29-27+/t41-,42-,43+,44-,46+,47+,48+,49+,52+,53+,54+,55-/m1/s1. The summed E-state index contributed by atoms with van der Waals surface area (Å²) in [4.78, 5) is 163. The Bertz CT molecular complexity index is 2290. The molecule has 0 unspecified atom stereocenters. The maximum atomic E-state index is 15.3. The molecule has 0 saturated heterocycles. The molecule has 0 fully saturated rings. The molecule has 21 nitrogen and oxygen atoms in total. The highest BCUT2D eigenvalue weighted by atomic mass is 16.6. The van der Waals surface area contributed by atoms with E-state index in [2.05, 4.69) is 5.32 Å². The molecule has 0 radical (unpaired) electrons. The van der Waals surface area contributed by atoms with E-state index < -0.39 is 131 Å². The van der Waals surface area contributed by atoms with Gasteiger partial charge in [-0.1, -0.05) is 109 Å². The predicted molar refractivity (Wildman–Crippen MR) is 331 cm³/mol. The second kappa shape index (κ2) is 35.8. The van der Waals surface area contributed by atoms with Crippen LogP contribution in [0.4, 0.5) is 0 Å². The van der Waals surface area contributed by atoms with Gasteiger partial charge in [-0.15, -0.1) is 0 Å². The van der Waals surface area contributed by atoms with Crippen molar-refractivity contribution < 1.29 is 62.2 Å². The summed E-state index contributed by atoms with van der Waals surface area (Å²) < 4.78 is 11.4. The van der Waals surface area contributed by atoms with Gasteiger partial charge >= 0.3 is 11.9 Å². The van der Waals surface area contributed by atoms with Crippen LogP contribution in [0.25, 0.3) is 0 Å². The first kappa shape index (κ1) is 79.3. The number of ether oxygens (including phenoxy) is 2. The Labute approximate surface area is 510 Å². The van der Waals surface area contributed by atoms with Crippen molar-refractivity contribution in [3.8, 4) is 0 Å². The number of rotatable bonds is 35. The Morgan fingerprint density at radius 1 is 0.529 bits per heavy atom. The van der Waals surface area contributed by atoms with Crippen LogP contribution in [0.2, 0.25) is 0 Å². The fourth-order valence-electron chi connectivity index (χ4n) is 10.3. The predicted octanol–water partition coefficient (Wildman–Crippen LogP) is 6.71. The summed E-state index contributed by atoms with van der Waals surface area (Å²) in [5, 5.41) is 2.78. The third-order valence-corrected chi connectivity index (χ3v) is 15.8. The minimum atomic E-state index is -1.55. The summed E-state index contributed by atoms with van der Waals surface area (Å²) >= 11 is 0. The van der Waals surface area contributed by atoms with Crippen LogP contribution in [-0.4, -0.2) is 197 Å². The molecule has 0 aliphatic heterocycles. The molecule has 0 aromatic rings. The van der Waals surface area contributed by atoms with Crippen molar-refractivity contribution in [1.82, 2.24) is 34.7 Å². The van der Waals surface area contributed by atoms with Crippen molar-refractivity contribution in [2.45, 2.75) is 243 Å². The van der Waals surface area contributed by atoms with E-state index in [0.717, 1.165) is 4.90 Å². The number of amides is 7. The number of nitrogens with zero attached hydrogens (tertiary/aromatic N) is 6. The van der Waals surface area contributed by atoms with E-state index in [9.17, 15) is 38.4 Å². The molecule has 0 bridgehead atoms. The van der Waals surface area contributed by atoms with Crippen molar-refractivity contribution in [1.29, 1.82) is 0 Å². The van der Waals surface area contributed by atoms with E-state index in [4.69, 9.17) is 15.2 Å². The molecule has 488 valence electrons. The van der Waals surface area contributed by atoms with Crippen LogP contribution in [-0.2, 0) is 62.2 Å². The maximum absolute atomic E-state index is 15.3. The molecular weight excluding hydrogens is 1090 g/mol. The number of carbonyl (C=O) groups is 11. The van der Waals surface area contributed by atoms with Gasteiger partial charge in [0.25, 0.3) is 0 Å². The van der Waals surface area contributed by atoms with Crippen LogP contribution in [0.15, 0.2) is 12.2 Å². The molecule has 0 aliphatic rings. The molecule has 12 atom stereocenters. The lowest BCUT2D eigenvalue weighted by atomic mass is 9.88. The summed E-state index contributed by atoms with van der Waals surface area (Å²) in [7, 11) is 8.77. The molecule has 3 N–H and O–H groups in total. The van der Waals surface area contributed by atoms with E-state index in [1.807, 2.05) is 68.4 Å². The summed E-state index contributed by atoms with van der Waals surface area (Å²) in [5.41, 5.74) is 5.35. The molecule has 0 saturated carbocycles. The SMILES string of the molecule is C/C=C/C[C@@H](C)[C@@H](OC(C)=O)[C@@H](C(=O)N[C@@H](CC)C(=O)N(C)[C@H](C)C(=O)OC(C)(C)C)N(C)C(=O)[C@H](C(C)C)N(C)C(=O)[C@H](CC(C)C)N(C)C(=O)[C@H](CC(C)C)N(C)C(=O)[C@@H](C)CC(=O)[C@H](C)CC(=O)[C@H](CC(C)C)N(C)C(=O)[C@@H](N)C(C)C. The molecule has 7 amide bonds. The Kier molecular flexibility index (Phi) is 33.4. The third-order valence-electron chi connectivity index (χ3n) is 15.8. The second-order valence-corrected chi connectivity index (χ2v) is 26.7. The van der Waals surface area contributed by atoms with Gasteiger partial charge in [0.1, 0.15) is 53.7 Å². The lowest BCUT2D eigenvalue weighted by Crippen LogP contribution is -2.64. The van der Waals surface area contributed by atoms with Crippen molar-refractivity contribution in [3.05, 3.63) is 12.2 Å². The minimum absolute atomic E-state index is 0.0580. The van der Waals surface area contributed by atoms with Gasteiger partial charge in [-0.05, 0) is 102 Å². The number of Topliss-reactive ketones (excluding diaryl/α,β-unsaturated/α-hetero) is 2. The number of ketones is 2. The van der Waals surface area contributed by atoms with Crippen molar-refractivity contribution in [2.24, 2.45) is 53.1 Å². The number of likely N-dealkylation sites (N-methyl/N-ethyl adjacent to an activating group) is 6. The van der Waals surface area contributed by atoms with Gasteiger partial charge in [0.05, 0.1) is 12.1 Å². The summed E-state index contributed by atoms with van der Waals surface area (Å²) in [6.45, 7) is 34.8. The fourth-order valence-corrected chi connectivity index (χ4v) is 10.3. The zero-order valence-corrected chi connectivity index (χ0v) is 57.0. The average Bonchev–Trinajstić information content (AvgIpc) is 3.62. The number of carbonyl (C=O) groups excluding carboxylic acids is 11. The topological polar surface area (TPSA) is 264 Å². The molecule has 0 spiro atoms. The molecule has 85 heavy (non-hydrogen) atoms. The Morgan fingerprint density at radius 3 is 1.39 bits per heavy atom. The van der Waals surface area contributed by atoms with Crippen LogP contribution in [0, 0.1) is 47.3 Å². The molecule has 21 heteroatoms. The monoisotopic (exact) mass is 1200 g/mol.